The number of methoxy groups -OCH3 is 1. The van der Waals surface area contributed by atoms with E-state index in [1.807, 2.05) is 36.4 Å². The van der Waals surface area contributed by atoms with Gasteiger partial charge in [0.25, 0.3) is 0 Å². The molecule has 5 nitrogen and oxygen atoms in total. The Labute approximate surface area is 116 Å². The Morgan fingerprint density at radius 2 is 2.00 bits per heavy atom. The highest BCUT2D eigenvalue weighted by atomic mass is 16.5. The van der Waals surface area contributed by atoms with Crippen LogP contribution in [0.2, 0.25) is 0 Å². The molecule has 0 saturated heterocycles. The van der Waals surface area contributed by atoms with E-state index in [1.54, 1.807) is 19.5 Å². The SMILES string of the molecule is COc1ccc(Cc2nc(-c3cccnc3)no2)cc1. The Bertz CT molecular complexity index is 678. The summed E-state index contributed by atoms with van der Waals surface area (Å²) >= 11 is 0. The summed E-state index contributed by atoms with van der Waals surface area (Å²) < 4.78 is 10.4. The van der Waals surface area contributed by atoms with Crippen LogP contribution in [0.15, 0.2) is 53.3 Å². The first-order chi connectivity index (χ1) is 9.85. The second-order valence-electron chi connectivity index (χ2n) is 4.28. The van der Waals surface area contributed by atoms with Crippen molar-refractivity contribution in [1.82, 2.24) is 15.1 Å². The largest absolute Gasteiger partial charge is 0.497 e. The lowest BCUT2D eigenvalue weighted by molar-refractivity contribution is 0.385. The summed E-state index contributed by atoms with van der Waals surface area (Å²) in [6.07, 6.45) is 4.02. The van der Waals surface area contributed by atoms with Gasteiger partial charge in [0.15, 0.2) is 0 Å². The monoisotopic (exact) mass is 267 g/mol. The molecule has 0 atom stereocenters. The molecule has 100 valence electrons. The predicted molar refractivity (Wildman–Crippen MR) is 73.3 cm³/mol. The van der Waals surface area contributed by atoms with Crippen LogP contribution in [0.4, 0.5) is 0 Å². The van der Waals surface area contributed by atoms with E-state index in [2.05, 4.69) is 15.1 Å². The van der Waals surface area contributed by atoms with E-state index in [0.717, 1.165) is 16.9 Å². The van der Waals surface area contributed by atoms with Gasteiger partial charge in [-0.1, -0.05) is 17.3 Å². The maximum Gasteiger partial charge on any atom is 0.231 e. The van der Waals surface area contributed by atoms with Crippen molar-refractivity contribution in [3.05, 3.63) is 60.2 Å². The van der Waals surface area contributed by atoms with Crippen molar-refractivity contribution < 1.29 is 9.26 Å². The number of pyridine rings is 1. The number of aromatic nitrogens is 3. The predicted octanol–water partition coefficient (Wildman–Crippen LogP) is 2.73. The summed E-state index contributed by atoms with van der Waals surface area (Å²) in [7, 11) is 1.65. The third-order valence-corrected chi connectivity index (χ3v) is 2.90. The highest BCUT2D eigenvalue weighted by molar-refractivity contribution is 5.51. The average Bonchev–Trinajstić information content (AvgIpc) is 2.97. The van der Waals surface area contributed by atoms with Crippen molar-refractivity contribution in [2.24, 2.45) is 0 Å². The summed E-state index contributed by atoms with van der Waals surface area (Å²) in [6, 6.07) is 11.5. The van der Waals surface area contributed by atoms with Gasteiger partial charge in [-0.15, -0.1) is 0 Å². The zero-order chi connectivity index (χ0) is 13.8. The molecule has 1 aromatic carbocycles. The topological polar surface area (TPSA) is 61.0 Å². The fourth-order valence-corrected chi connectivity index (χ4v) is 1.86. The number of hydrogen-bond acceptors (Lipinski definition) is 5. The standard InChI is InChI=1S/C15H13N3O2/c1-19-13-6-4-11(5-7-13)9-14-17-15(18-20-14)12-3-2-8-16-10-12/h2-8,10H,9H2,1H3. The van der Waals surface area contributed by atoms with Gasteiger partial charge in [0.1, 0.15) is 5.75 Å². The lowest BCUT2D eigenvalue weighted by atomic mass is 10.1. The first-order valence-corrected chi connectivity index (χ1v) is 6.21. The van der Waals surface area contributed by atoms with Crippen LogP contribution in [0.25, 0.3) is 11.4 Å². The quantitative estimate of drug-likeness (QED) is 0.727. The summed E-state index contributed by atoms with van der Waals surface area (Å²) in [4.78, 5) is 8.41. The fraction of sp³-hybridized carbons (Fsp3) is 0.133. The Hall–Kier alpha value is -2.69. The van der Waals surface area contributed by atoms with Gasteiger partial charge in [-0.05, 0) is 29.8 Å². The summed E-state index contributed by atoms with van der Waals surface area (Å²) in [5, 5.41) is 3.97. The van der Waals surface area contributed by atoms with Crippen molar-refractivity contribution in [1.29, 1.82) is 0 Å². The highest BCUT2D eigenvalue weighted by Gasteiger charge is 2.09. The summed E-state index contributed by atoms with van der Waals surface area (Å²) in [5.41, 5.74) is 1.93. The maximum atomic E-state index is 5.26. The van der Waals surface area contributed by atoms with Gasteiger partial charge in [0.05, 0.1) is 13.5 Å². The average molecular weight is 267 g/mol. The first-order valence-electron chi connectivity index (χ1n) is 6.21. The van der Waals surface area contributed by atoms with Crippen molar-refractivity contribution in [3.63, 3.8) is 0 Å². The number of hydrogen-bond donors (Lipinski definition) is 0. The Balaban J connectivity index is 1.77. The molecule has 2 heterocycles. The van der Waals surface area contributed by atoms with Crippen LogP contribution in [-0.4, -0.2) is 22.2 Å². The van der Waals surface area contributed by atoms with Crippen LogP contribution < -0.4 is 4.74 Å². The van der Waals surface area contributed by atoms with Crippen LogP contribution in [0.1, 0.15) is 11.5 Å². The van der Waals surface area contributed by atoms with E-state index in [4.69, 9.17) is 9.26 Å². The van der Waals surface area contributed by atoms with Gasteiger partial charge >= 0.3 is 0 Å². The Morgan fingerprint density at radius 3 is 2.70 bits per heavy atom. The van der Waals surface area contributed by atoms with Gasteiger partial charge < -0.3 is 9.26 Å². The van der Waals surface area contributed by atoms with E-state index >= 15 is 0 Å². The maximum absolute atomic E-state index is 5.26. The Kier molecular flexibility index (Phi) is 3.41. The second kappa shape index (κ2) is 5.52. The molecule has 0 saturated carbocycles. The number of rotatable bonds is 4. The summed E-state index contributed by atoms with van der Waals surface area (Å²) in [6.45, 7) is 0. The van der Waals surface area contributed by atoms with Gasteiger partial charge in [-0.25, -0.2) is 0 Å². The van der Waals surface area contributed by atoms with Crippen LogP contribution in [-0.2, 0) is 6.42 Å². The fourth-order valence-electron chi connectivity index (χ4n) is 1.86. The molecule has 2 aromatic heterocycles. The molecule has 0 aliphatic heterocycles. The van der Waals surface area contributed by atoms with Crippen LogP contribution >= 0.6 is 0 Å². The molecular weight excluding hydrogens is 254 g/mol. The van der Waals surface area contributed by atoms with Gasteiger partial charge in [0, 0.05) is 18.0 Å². The minimum atomic E-state index is 0.557. The first kappa shape index (κ1) is 12.3. The molecule has 0 unspecified atom stereocenters. The van der Waals surface area contributed by atoms with Crippen molar-refractivity contribution in [3.8, 4) is 17.1 Å². The van der Waals surface area contributed by atoms with Gasteiger partial charge in [-0.3, -0.25) is 4.98 Å². The zero-order valence-corrected chi connectivity index (χ0v) is 11.0. The number of benzene rings is 1. The van der Waals surface area contributed by atoms with Crippen LogP contribution in [0.5, 0.6) is 5.75 Å². The zero-order valence-electron chi connectivity index (χ0n) is 11.0. The van der Waals surface area contributed by atoms with Gasteiger partial charge in [-0.2, -0.15) is 4.98 Å². The van der Waals surface area contributed by atoms with E-state index in [9.17, 15) is 0 Å². The molecule has 3 rings (SSSR count). The minimum absolute atomic E-state index is 0.557. The molecule has 5 heteroatoms. The number of ether oxygens (including phenoxy) is 1. The smallest absolute Gasteiger partial charge is 0.231 e. The Morgan fingerprint density at radius 1 is 1.15 bits per heavy atom. The van der Waals surface area contributed by atoms with E-state index in [1.165, 1.54) is 0 Å². The molecule has 20 heavy (non-hydrogen) atoms. The number of nitrogens with zero attached hydrogens (tertiary/aromatic N) is 3. The van der Waals surface area contributed by atoms with E-state index in [-0.39, 0.29) is 0 Å². The van der Waals surface area contributed by atoms with Gasteiger partial charge in [0.2, 0.25) is 11.7 Å². The molecule has 3 aromatic rings. The molecule has 0 spiro atoms. The lowest BCUT2D eigenvalue weighted by Gasteiger charge is -2.00. The third kappa shape index (κ3) is 2.66. The van der Waals surface area contributed by atoms with Crippen molar-refractivity contribution >= 4 is 0 Å². The van der Waals surface area contributed by atoms with Crippen molar-refractivity contribution in [2.45, 2.75) is 6.42 Å². The molecule has 0 bridgehead atoms. The lowest BCUT2D eigenvalue weighted by Crippen LogP contribution is -1.89. The molecule has 0 radical (unpaired) electrons. The molecule has 0 aliphatic carbocycles. The molecule has 0 N–H and O–H groups in total. The van der Waals surface area contributed by atoms with Crippen LogP contribution in [0.3, 0.4) is 0 Å². The minimum Gasteiger partial charge on any atom is -0.497 e. The van der Waals surface area contributed by atoms with Crippen molar-refractivity contribution in [2.75, 3.05) is 7.11 Å². The molecular formula is C15H13N3O2. The molecule has 0 fully saturated rings. The highest BCUT2D eigenvalue weighted by Crippen LogP contribution is 2.17. The summed E-state index contributed by atoms with van der Waals surface area (Å²) in [5.74, 6) is 1.96. The third-order valence-electron chi connectivity index (χ3n) is 2.90. The van der Waals surface area contributed by atoms with E-state index < -0.39 is 0 Å². The van der Waals surface area contributed by atoms with E-state index in [0.29, 0.717) is 18.1 Å². The molecule has 0 amide bonds. The normalized spacial score (nSPS) is 10.4. The van der Waals surface area contributed by atoms with Crippen LogP contribution in [0, 0.1) is 0 Å². The molecule has 0 aliphatic rings. The second-order valence-corrected chi connectivity index (χ2v) is 4.28.